The number of rotatable bonds is 6. The molecule has 1 aromatic carbocycles. The lowest BCUT2D eigenvalue weighted by molar-refractivity contribution is -0.140. The van der Waals surface area contributed by atoms with Gasteiger partial charge in [0.1, 0.15) is 5.92 Å². The molecule has 29 heavy (non-hydrogen) atoms. The fraction of sp³-hybridized carbons (Fsp3) is 0.227. The van der Waals surface area contributed by atoms with Crippen LogP contribution in [0, 0.1) is 12.8 Å². The maximum absolute atomic E-state index is 13.2. The molecule has 0 spiro atoms. The van der Waals surface area contributed by atoms with Gasteiger partial charge >= 0.3 is 0 Å². The Hall–Kier alpha value is -3.61. The summed E-state index contributed by atoms with van der Waals surface area (Å²) in [6, 6.07) is 10.1. The van der Waals surface area contributed by atoms with Crippen molar-refractivity contribution in [2.45, 2.75) is 19.4 Å². The molecule has 1 N–H and O–H groups in total. The highest BCUT2D eigenvalue weighted by Crippen LogP contribution is 2.38. The fourth-order valence-electron chi connectivity index (χ4n) is 3.72. The minimum Gasteiger partial charge on any atom is -0.348 e. The van der Waals surface area contributed by atoms with Gasteiger partial charge in [-0.2, -0.15) is 0 Å². The highest BCUT2D eigenvalue weighted by Gasteiger charge is 2.51. The Balaban J connectivity index is 1.71. The fourth-order valence-corrected chi connectivity index (χ4v) is 3.72. The van der Waals surface area contributed by atoms with Crippen LogP contribution < -0.4 is 0 Å². The van der Waals surface area contributed by atoms with E-state index in [0.29, 0.717) is 18.5 Å². The quantitative estimate of drug-likeness (QED) is 0.397. The van der Waals surface area contributed by atoms with E-state index >= 15 is 0 Å². The molecule has 1 aliphatic rings. The molecule has 0 aliphatic carbocycles. The van der Waals surface area contributed by atoms with Crippen molar-refractivity contribution in [2.75, 3.05) is 6.54 Å². The molecule has 0 radical (unpaired) electrons. The number of likely N-dealkylation sites (tertiary alicyclic amines) is 1. The van der Waals surface area contributed by atoms with E-state index < -0.39 is 23.7 Å². The van der Waals surface area contributed by atoms with Crippen LogP contribution in [0.4, 0.5) is 0 Å². The third-order valence-electron chi connectivity index (χ3n) is 5.25. The minimum absolute atomic E-state index is 0.311. The largest absolute Gasteiger partial charge is 0.348 e. The highest BCUT2D eigenvalue weighted by atomic mass is 16.2. The number of aromatic amines is 1. The summed E-state index contributed by atoms with van der Waals surface area (Å²) in [6.07, 6.45) is 6.77. The third kappa shape index (κ3) is 3.59. The molecular formula is C22H20N4O3. The number of imidazole rings is 1. The van der Waals surface area contributed by atoms with Crippen molar-refractivity contribution < 1.29 is 14.4 Å². The highest BCUT2D eigenvalue weighted by molar-refractivity contribution is 6.44. The maximum Gasteiger partial charge on any atom is 0.291 e. The van der Waals surface area contributed by atoms with Gasteiger partial charge in [0.05, 0.1) is 12.4 Å². The van der Waals surface area contributed by atoms with Crippen LogP contribution in [-0.4, -0.2) is 43.9 Å². The molecule has 0 bridgehead atoms. The standard InChI is InChI=1S/C22H20N4O3/c1-14-2-4-15(5-3-14)19-18(20(27)16-6-9-23-10-7-16)21(28)22(29)26(19)11-8-17-12-24-13-25-17/h2-7,9-10,12-13,18-19H,8,11H2,1H3,(H,24,25). The second kappa shape index (κ2) is 7.79. The number of ketones is 2. The van der Waals surface area contributed by atoms with Crippen molar-refractivity contribution in [1.82, 2.24) is 19.9 Å². The molecule has 2 atom stereocenters. The molecule has 0 saturated carbocycles. The normalized spacial score (nSPS) is 19.0. The Labute approximate surface area is 167 Å². The van der Waals surface area contributed by atoms with Crippen molar-refractivity contribution in [2.24, 2.45) is 5.92 Å². The lowest BCUT2D eigenvalue weighted by atomic mass is 9.86. The van der Waals surface area contributed by atoms with Gasteiger partial charge in [-0.3, -0.25) is 19.4 Å². The van der Waals surface area contributed by atoms with Gasteiger partial charge < -0.3 is 9.88 Å². The zero-order chi connectivity index (χ0) is 20.4. The Morgan fingerprint density at radius 1 is 1.07 bits per heavy atom. The number of nitrogens with zero attached hydrogens (tertiary/aromatic N) is 3. The SMILES string of the molecule is Cc1ccc(C2C(C(=O)c3ccncc3)C(=O)C(=O)N2CCc2cnc[nH]2)cc1. The second-order valence-corrected chi connectivity index (χ2v) is 7.12. The lowest BCUT2D eigenvalue weighted by Crippen LogP contribution is -2.32. The minimum atomic E-state index is -1.07. The van der Waals surface area contributed by atoms with Crippen LogP contribution in [-0.2, 0) is 16.0 Å². The lowest BCUT2D eigenvalue weighted by Gasteiger charge is -2.27. The summed E-state index contributed by atoms with van der Waals surface area (Å²) in [4.78, 5) is 51.4. The number of aryl methyl sites for hydroxylation is 1. The molecule has 3 aromatic rings. The molecule has 1 amide bonds. The van der Waals surface area contributed by atoms with Crippen LogP contribution in [0.2, 0.25) is 0 Å². The first-order valence-electron chi connectivity index (χ1n) is 9.39. The molecule has 3 heterocycles. The van der Waals surface area contributed by atoms with Gasteiger partial charge in [0.15, 0.2) is 5.78 Å². The summed E-state index contributed by atoms with van der Waals surface area (Å²) in [6.45, 7) is 2.27. The number of aromatic nitrogens is 3. The number of nitrogens with one attached hydrogen (secondary N) is 1. The van der Waals surface area contributed by atoms with Gasteiger partial charge in [-0.05, 0) is 24.6 Å². The summed E-state index contributed by atoms with van der Waals surface area (Å²) in [5.74, 6) is -2.72. The average Bonchev–Trinajstić information content (AvgIpc) is 3.35. The summed E-state index contributed by atoms with van der Waals surface area (Å²) < 4.78 is 0. The number of hydrogen-bond donors (Lipinski definition) is 1. The van der Waals surface area contributed by atoms with E-state index in [0.717, 1.165) is 16.8 Å². The molecule has 4 rings (SSSR count). The summed E-state index contributed by atoms with van der Waals surface area (Å²) in [7, 11) is 0. The van der Waals surface area contributed by atoms with Crippen LogP contribution in [0.25, 0.3) is 0 Å². The van der Waals surface area contributed by atoms with Crippen LogP contribution >= 0.6 is 0 Å². The number of carbonyl (C=O) groups is 3. The Morgan fingerprint density at radius 3 is 2.45 bits per heavy atom. The van der Waals surface area contributed by atoms with Crippen LogP contribution in [0.5, 0.6) is 0 Å². The van der Waals surface area contributed by atoms with E-state index in [9.17, 15) is 14.4 Å². The molecule has 1 fully saturated rings. The van der Waals surface area contributed by atoms with Crippen molar-refractivity contribution in [3.63, 3.8) is 0 Å². The van der Waals surface area contributed by atoms with Gasteiger partial charge in [0.2, 0.25) is 5.78 Å². The van der Waals surface area contributed by atoms with Gasteiger partial charge in [0, 0.05) is 42.8 Å². The van der Waals surface area contributed by atoms with Gasteiger partial charge in [-0.1, -0.05) is 29.8 Å². The predicted molar refractivity (Wildman–Crippen MR) is 105 cm³/mol. The van der Waals surface area contributed by atoms with E-state index in [1.807, 2.05) is 31.2 Å². The van der Waals surface area contributed by atoms with Crippen molar-refractivity contribution in [3.8, 4) is 0 Å². The maximum atomic E-state index is 13.2. The number of carbonyl (C=O) groups excluding carboxylic acids is 3. The van der Waals surface area contributed by atoms with Crippen LogP contribution in [0.1, 0.15) is 33.2 Å². The van der Waals surface area contributed by atoms with Gasteiger partial charge in [0.25, 0.3) is 5.91 Å². The van der Waals surface area contributed by atoms with Gasteiger partial charge in [-0.25, -0.2) is 4.98 Å². The first-order chi connectivity index (χ1) is 14.1. The Morgan fingerprint density at radius 2 is 1.79 bits per heavy atom. The molecule has 7 heteroatoms. The summed E-state index contributed by atoms with van der Waals surface area (Å²) in [5.41, 5.74) is 3.06. The molecule has 2 unspecified atom stereocenters. The molecule has 7 nitrogen and oxygen atoms in total. The molecule has 1 aliphatic heterocycles. The smallest absolute Gasteiger partial charge is 0.291 e. The number of Topliss-reactive ketones (excluding diaryl/α,β-unsaturated/α-hetero) is 2. The molecule has 146 valence electrons. The zero-order valence-corrected chi connectivity index (χ0v) is 15.9. The molecule has 2 aromatic heterocycles. The van der Waals surface area contributed by atoms with Crippen LogP contribution in [0.15, 0.2) is 61.3 Å². The summed E-state index contributed by atoms with van der Waals surface area (Å²) >= 11 is 0. The monoisotopic (exact) mass is 388 g/mol. The predicted octanol–water partition coefficient (Wildman–Crippen LogP) is 2.31. The van der Waals surface area contributed by atoms with E-state index in [1.165, 1.54) is 17.3 Å². The van der Waals surface area contributed by atoms with E-state index in [4.69, 9.17) is 0 Å². The van der Waals surface area contributed by atoms with E-state index in [2.05, 4.69) is 15.0 Å². The van der Waals surface area contributed by atoms with E-state index in [1.54, 1.807) is 24.7 Å². The number of amides is 1. The molecule has 1 saturated heterocycles. The van der Waals surface area contributed by atoms with Crippen molar-refractivity contribution in [3.05, 3.63) is 83.7 Å². The average molecular weight is 388 g/mol. The molecular weight excluding hydrogens is 368 g/mol. The van der Waals surface area contributed by atoms with Crippen LogP contribution in [0.3, 0.4) is 0 Å². The van der Waals surface area contributed by atoms with E-state index in [-0.39, 0.29) is 5.78 Å². The first-order valence-corrected chi connectivity index (χ1v) is 9.39. The third-order valence-corrected chi connectivity index (χ3v) is 5.25. The van der Waals surface area contributed by atoms with Gasteiger partial charge in [-0.15, -0.1) is 0 Å². The number of benzene rings is 1. The number of hydrogen-bond acceptors (Lipinski definition) is 5. The summed E-state index contributed by atoms with van der Waals surface area (Å²) in [5, 5.41) is 0. The number of pyridine rings is 1. The topological polar surface area (TPSA) is 96.0 Å². The second-order valence-electron chi connectivity index (χ2n) is 7.12. The first kappa shape index (κ1) is 18.7. The number of H-pyrrole nitrogens is 1. The Bertz CT molecular complexity index is 1030. The van der Waals surface area contributed by atoms with Crippen molar-refractivity contribution >= 4 is 17.5 Å². The Kier molecular flexibility index (Phi) is 5.03. The zero-order valence-electron chi connectivity index (χ0n) is 15.9. The van der Waals surface area contributed by atoms with Crippen molar-refractivity contribution in [1.29, 1.82) is 0 Å².